The van der Waals surface area contributed by atoms with E-state index in [0.29, 0.717) is 19.1 Å². The number of nitrogens with zero attached hydrogens (tertiary/aromatic N) is 3. The molecule has 0 saturated carbocycles. The summed E-state index contributed by atoms with van der Waals surface area (Å²) in [6, 6.07) is 0. The van der Waals surface area contributed by atoms with Crippen molar-refractivity contribution in [2.75, 3.05) is 18.5 Å². The lowest BCUT2D eigenvalue weighted by Crippen LogP contribution is -2.07. The topological polar surface area (TPSA) is 90.2 Å². The number of ether oxygens (including phenoxy) is 1. The van der Waals surface area contributed by atoms with Gasteiger partial charge in [0.05, 0.1) is 11.5 Å². The molecule has 1 rings (SSSR count). The Bertz CT molecular complexity index is 384. The van der Waals surface area contributed by atoms with Crippen LogP contribution in [0.15, 0.2) is 6.20 Å². The summed E-state index contributed by atoms with van der Waals surface area (Å²) in [7, 11) is 0. The van der Waals surface area contributed by atoms with Crippen LogP contribution in [0.4, 0.5) is 11.6 Å². The monoisotopic (exact) mass is 240 g/mol. The maximum atomic E-state index is 10.7. The minimum Gasteiger partial charge on any atom is -0.473 e. The summed E-state index contributed by atoms with van der Waals surface area (Å²) < 4.78 is 5.29. The van der Waals surface area contributed by atoms with Gasteiger partial charge in [-0.15, -0.1) is 0 Å². The highest BCUT2D eigenvalue weighted by Gasteiger charge is 2.18. The van der Waals surface area contributed by atoms with Crippen LogP contribution in [0.1, 0.15) is 26.7 Å². The predicted molar refractivity (Wildman–Crippen MR) is 63.3 cm³/mol. The highest BCUT2D eigenvalue weighted by molar-refractivity contribution is 5.43. The van der Waals surface area contributed by atoms with Crippen LogP contribution in [-0.4, -0.2) is 28.0 Å². The summed E-state index contributed by atoms with van der Waals surface area (Å²) in [4.78, 5) is 18.0. The summed E-state index contributed by atoms with van der Waals surface area (Å²) in [5.41, 5.74) is -0.206. The molecule has 0 amide bonds. The molecule has 0 spiro atoms. The maximum Gasteiger partial charge on any atom is 0.349 e. The van der Waals surface area contributed by atoms with Crippen molar-refractivity contribution in [3.63, 3.8) is 0 Å². The molecule has 0 saturated heterocycles. The van der Waals surface area contributed by atoms with Crippen molar-refractivity contribution in [2.24, 2.45) is 0 Å². The summed E-state index contributed by atoms with van der Waals surface area (Å²) >= 11 is 0. The average molecular weight is 240 g/mol. The van der Waals surface area contributed by atoms with Crippen molar-refractivity contribution in [3.05, 3.63) is 16.3 Å². The number of hydrogen-bond acceptors (Lipinski definition) is 6. The number of hydrogen-bond donors (Lipinski definition) is 1. The zero-order chi connectivity index (χ0) is 12.7. The molecule has 0 radical (unpaired) electrons. The normalized spacial score (nSPS) is 10.0. The molecule has 0 atom stereocenters. The molecule has 94 valence electrons. The second-order valence-corrected chi connectivity index (χ2v) is 3.37. The van der Waals surface area contributed by atoms with E-state index in [1.165, 1.54) is 0 Å². The summed E-state index contributed by atoms with van der Waals surface area (Å²) in [6.07, 6.45) is 2.95. The minimum atomic E-state index is -0.545. The maximum absolute atomic E-state index is 10.7. The molecule has 0 bridgehead atoms. The van der Waals surface area contributed by atoms with E-state index < -0.39 is 4.92 Å². The van der Waals surface area contributed by atoms with Crippen LogP contribution in [0.3, 0.4) is 0 Å². The molecule has 17 heavy (non-hydrogen) atoms. The van der Waals surface area contributed by atoms with Crippen LogP contribution in [0.5, 0.6) is 5.88 Å². The van der Waals surface area contributed by atoms with Gasteiger partial charge in [0.1, 0.15) is 6.20 Å². The Morgan fingerprint density at radius 2 is 2.29 bits per heavy atom. The third kappa shape index (κ3) is 3.86. The number of unbranched alkanes of at least 4 members (excludes halogenated alkanes) is 1. The first kappa shape index (κ1) is 13.1. The number of nitro groups is 1. The second kappa shape index (κ2) is 6.62. The average Bonchev–Trinajstić information content (AvgIpc) is 2.30. The SMILES string of the molecule is CCCCOc1nc(NCC)ncc1[N+](=O)[O-]. The van der Waals surface area contributed by atoms with Crippen LogP contribution in [0.2, 0.25) is 0 Å². The Balaban J connectivity index is 2.86. The molecule has 0 aliphatic rings. The summed E-state index contributed by atoms with van der Waals surface area (Å²) in [5, 5.41) is 13.6. The lowest BCUT2D eigenvalue weighted by Gasteiger charge is -2.06. The molecule has 1 aromatic heterocycles. The molecule has 0 aliphatic heterocycles. The third-order valence-electron chi connectivity index (χ3n) is 2.00. The van der Waals surface area contributed by atoms with Crippen molar-refractivity contribution in [2.45, 2.75) is 26.7 Å². The third-order valence-corrected chi connectivity index (χ3v) is 2.00. The van der Waals surface area contributed by atoms with Gasteiger partial charge < -0.3 is 10.1 Å². The molecular weight excluding hydrogens is 224 g/mol. The Kier molecular flexibility index (Phi) is 5.12. The summed E-state index contributed by atoms with van der Waals surface area (Å²) in [6.45, 7) is 4.97. The highest BCUT2D eigenvalue weighted by Crippen LogP contribution is 2.24. The number of aromatic nitrogens is 2. The van der Waals surface area contributed by atoms with E-state index in [4.69, 9.17) is 4.74 Å². The zero-order valence-corrected chi connectivity index (χ0v) is 9.97. The number of rotatable bonds is 7. The van der Waals surface area contributed by atoms with Gasteiger partial charge in [-0.2, -0.15) is 4.98 Å². The lowest BCUT2D eigenvalue weighted by molar-refractivity contribution is -0.386. The van der Waals surface area contributed by atoms with Crippen molar-refractivity contribution in [1.82, 2.24) is 9.97 Å². The Morgan fingerprint density at radius 1 is 1.53 bits per heavy atom. The fourth-order valence-electron chi connectivity index (χ4n) is 1.15. The fraction of sp³-hybridized carbons (Fsp3) is 0.600. The Labute approximate surface area is 99.4 Å². The largest absolute Gasteiger partial charge is 0.473 e. The van der Waals surface area contributed by atoms with Gasteiger partial charge in [0, 0.05) is 6.54 Å². The van der Waals surface area contributed by atoms with E-state index in [1.54, 1.807) is 0 Å². The van der Waals surface area contributed by atoms with Gasteiger partial charge in [0.2, 0.25) is 5.95 Å². The molecule has 0 aliphatic carbocycles. The minimum absolute atomic E-state index is 0.0226. The van der Waals surface area contributed by atoms with Gasteiger partial charge in [-0.3, -0.25) is 10.1 Å². The van der Waals surface area contributed by atoms with E-state index in [0.717, 1.165) is 19.0 Å². The summed E-state index contributed by atoms with van der Waals surface area (Å²) in [5.74, 6) is 0.360. The first-order chi connectivity index (χ1) is 8.19. The van der Waals surface area contributed by atoms with Crippen molar-refractivity contribution >= 4 is 11.6 Å². The van der Waals surface area contributed by atoms with Crippen LogP contribution in [0.25, 0.3) is 0 Å². The second-order valence-electron chi connectivity index (χ2n) is 3.37. The van der Waals surface area contributed by atoms with Gasteiger partial charge in [-0.1, -0.05) is 13.3 Å². The molecule has 0 unspecified atom stereocenters. The fourth-order valence-corrected chi connectivity index (χ4v) is 1.15. The van der Waals surface area contributed by atoms with Crippen molar-refractivity contribution in [1.29, 1.82) is 0 Å². The standard InChI is InChI=1S/C10H16N4O3/c1-3-5-6-17-9-8(14(15)16)7-12-10(13-9)11-4-2/h7H,3-6H2,1-2H3,(H,11,12,13). The smallest absolute Gasteiger partial charge is 0.349 e. The van der Waals surface area contributed by atoms with E-state index in [-0.39, 0.29) is 11.6 Å². The lowest BCUT2D eigenvalue weighted by atomic mass is 10.4. The van der Waals surface area contributed by atoms with Crippen molar-refractivity contribution < 1.29 is 9.66 Å². The molecule has 7 heteroatoms. The number of nitrogens with one attached hydrogen (secondary N) is 1. The molecule has 7 nitrogen and oxygen atoms in total. The first-order valence-electron chi connectivity index (χ1n) is 5.57. The van der Waals surface area contributed by atoms with E-state index in [1.807, 2.05) is 13.8 Å². The van der Waals surface area contributed by atoms with E-state index in [9.17, 15) is 10.1 Å². The Hall–Kier alpha value is -1.92. The van der Waals surface area contributed by atoms with Crippen LogP contribution in [0, 0.1) is 10.1 Å². The van der Waals surface area contributed by atoms with E-state index in [2.05, 4.69) is 15.3 Å². The zero-order valence-electron chi connectivity index (χ0n) is 9.97. The molecule has 0 fully saturated rings. The first-order valence-corrected chi connectivity index (χ1v) is 5.57. The van der Waals surface area contributed by atoms with Crippen LogP contribution >= 0.6 is 0 Å². The predicted octanol–water partition coefficient (Wildman–Crippen LogP) is 2.00. The van der Waals surface area contributed by atoms with Crippen LogP contribution in [-0.2, 0) is 0 Å². The molecule has 1 heterocycles. The van der Waals surface area contributed by atoms with Gasteiger partial charge in [-0.25, -0.2) is 4.98 Å². The van der Waals surface area contributed by atoms with Crippen molar-refractivity contribution in [3.8, 4) is 5.88 Å². The number of anilines is 1. The van der Waals surface area contributed by atoms with Crippen LogP contribution < -0.4 is 10.1 Å². The van der Waals surface area contributed by atoms with E-state index >= 15 is 0 Å². The van der Waals surface area contributed by atoms with Gasteiger partial charge in [-0.05, 0) is 13.3 Å². The van der Waals surface area contributed by atoms with Gasteiger partial charge >= 0.3 is 5.69 Å². The quantitative estimate of drug-likeness (QED) is 0.445. The molecular formula is C10H16N4O3. The molecule has 1 N–H and O–H groups in total. The van der Waals surface area contributed by atoms with Gasteiger partial charge in [0.25, 0.3) is 5.88 Å². The molecule has 0 aromatic carbocycles. The van der Waals surface area contributed by atoms with Gasteiger partial charge in [0.15, 0.2) is 0 Å². The highest BCUT2D eigenvalue weighted by atomic mass is 16.6. The molecule has 1 aromatic rings. The Morgan fingerprint density at radius 3 is 2.88 bits per heavy atom.